The largest absolute Gasteiger partial charge is 0.479 e. The quantitative estimate of drug-likeness (QED) is 0.619. The van der Waals surface area contributed by atoms with E-state index in [1.807, 2.05) is 0 Å². The van der Waals surface area contributed by atoms with Gasteiger partial charge < -0.3 is 15.5 Å². The molecule has 0 fully saturated rings. The number of aliphatic carboxylic acids is 1. The fourth-order valence-corrected chi connectivity index (χ4v) is 1.23. The molecule has 0 saturated carbocycles. The molecular formula is C7H8N2O4S. The van der Waals surface area contributed by atoms with Crippen molar-refractivity contribution in [1.82, 2.24) is 10.3 Å². The summed E-state index contributed by atoms with van der Waals surface area (Å²) in [4.78, 5) is 25.4. The first-order chi connectivity index (χ1) is 6.61. The Balaban J connectivity index is 2.40. The molecule has 1 heterocycles. The topological polar surface area (TPSA) is 99.5 Å². The third-order valence-electron chi connectivity index (χ3n) is 1.40. The van der Waals surface area contributed by atoms with Gasteiger partial charge in [0.2, 0.25) is 0 Å². The van der Waals surface area contributed by atoms with Crippen LogP contribution in [0.25, 0.3) is 0 Å². The molecule has 0 saturated heterocycles. The number of rotatable bonds is 4. The molecule has 0 aromatic carbocycles. The molecule has 0 spiro atoms. The molecule has 0 aliphatic heterocycles. The Morgan fingerprint density at radius 2 is 2.36 bits per heavy atom. The fourth-order valence-electron chi connectivity index (χ4n) is 0.692. The Labute approximate surface area is 83.2 Å². The van der Waals surface area contributed by atoms with E-state index >= 15 is 0 Å². The standard InChI is InChI=1S/C7H8N2O4S/c10-4(7(12)13)1-9-6(11)5-2-8-3-14-5/h2-4,10H,1H2,(H,9,11)(H,12,13). The van der Waals surface area contributed by atoms with E-state index in [4.69, 9.17) is 10.2 Å². The lowest BCUT2D eigenvalue weighted by atomic mass is 10.3. The number of hydrogen-bond donors (Lipinski definition) is 3. The Hall–Kier alpha value is -1.47. The maximum absolute atomic E-state index is 11.2. The highest BCUT2D eigenvalue weighted by atomic mass is 32.1. The fraction of sp³-hybridized carbons (Fsp3) is 0.286. The van der Waals surface area contributed by atoms with Crippen molar-refractivity contribution in [3.8, 4) is 0 Å². The van der Waals surface area contributed by atoms with Gasteiger partial charge in [-0.1, -0.05) is 0 Å². The number of thiazole rings is 1. The van der Waals surface area contributed by atoms with Crippen molar-refractivity contribution >= 4 is 23.2 Å². The average Bonchev–Trinajstić information content (AvgIpc) is 2.66. The number of amides is 1. The summed E-state index contributed by atoms with van der Waals surface area (Å²) in [6, 6.07) is 0. The molecule has 7 heteroatoms. The molecule has 1 aromatic rings. The van der Waals surface area contributed by atoms with Crippen molar-refractivity contribution in [2.24, 2.45) is 0 Å². The van der Waals surface area contributed by atoms with Crippen LogP contribution in [-0.2, 0) is 4.79 Å². The van der Waals surface area contributed by atoms with Crippen LogP contribution in [0.4, 0.5) is 0 Å². The van der Waals surface area contributed by atoms with Crippen molar-refractivity contribution in [2.45, 2.75) is 6.10 Å². The number of carbonyl (C=O) groups excluding carboxylic acids is 1. The van der Waals surface area contributed by atoms with E-state index in [0.717, 1.165) is 11.3 Å². The molecule has 76 valence electrons. The van der Waals surface area contributed by atoms with E-state index in [-0.39, 0.29) is 6.54 Å². The molecule has 1 atom stereocenters. The number of carbonyl (C=O) groups is 2. The summed E-state index contributed by atoms with van der Waals surface area (Å²) in [5.41, 5.74) is 1.49. The SMILES string of the molecule is O=C(NCC(O)C(=O)O)c1cncs1. The Kier molecular flexibility index (Phi) is 3.55. The minimum atomic E-state index is -1.58. The van der Waals surface area contributed by atoms with Gasteiger partial charge in [0, 0.05) is 0 Å². The first-order valence-corrected chi connectivity index (χ1v) is 4.57. The molecule has 0 radical (unpaired) electrons. The van der Waals surface area contributed by atoms with Gasteiger partial charge in [0.05, 0.1) is 18.3 Å². The summed E-state index contributed by atoms with van der Waals surface area (Å²) in [5, 5.41) is 19.4. The minimum absolute atomic E-state index is 0.313. The van der Waals surface area contributed by atoms with Crippen molar-refractivity contribution in [3.63, 3.8) is 0 Å². The number of aliphatic hydroxyl groups is 1. The van der Waals surface area contributed by atoms with Gasteiger partial charge in [-0.25, -0.2) is 4.79 Å². The molecule has 14 heavy (non-hydrogen) atoms. The summed E-state index contributed by atoms with van der Waals surface area (Å²) in [6.07, 6.45) is -0.209. The maximum Gasteiger partial charge on any atom is 0.334 e. The second kappa shape index (κ2) is 4.68. The number of hydrogen-bond acceptors (Lipinski definition) is 5. The molecule has 1 aromatic heterocycles. The number of aromatic nitrogens is 1. The molecule has 3 N–H and O–H groups in total. The highest BCUT2D eigenvalue weighted by molar-refractivity contribution is 7.11. The van der Waals surface area contributed by atoms with Crippen LogP contribution < -0.4 is 5.32 Å². The lowest BCUT2D eigenvalue weighted by Crippen LogP contribution is -2.36. The predicted octanol–water partition coefficient (Wildman–Crippen LogP) is -0.682. The predicted molar refractivity (Wildman–Crippen MR) is 48.1 cm³/mol. The van der Waals surface area contributed by atoms with Crippen molar-refractivity contribution in [1.29, 1.82) is 0 Å². The van der Waals surface area contributed by atoms with Gasteiger partial charge in [0.1, 0.15) is 4.88 Å². The molecule has 1 rings (SSSR count). The van der Waals surface area contributed by atoms with E-state index in [9.17, 15) is 9.59 Å². The lowest BCUT2D eigenvalue weighted by Gasteiger charge is -2.05. The van der Waals surface area contributed by atoms with E-state index in [1.54, 1.807) is 0 Å². The molecule has 0 bridgehead atoms. The average molecular weight is 216 g/mol. The number of carboxylic acids is 1. The summed E-state index contributed by atoms with van der Waals surface area (Å²) in [5.74, 6) is -1.80. The van der Waals surface area contributed by atoms with Crippen LogP contribution in [0, 0.1) is 0 Å². The van der Waals surface area contributed by atoms with Crippen LogP contribution in [-0.4, -0.2) is 39.7 Å². The zero-order chi connectivity index (χ0) is 10.6. The zero-order valence-electron chi connectivity index (χ0n) is 7.01. The number of nitrogens with zero attached hydrogens (tertiary/aromatic N) is 1. The summed E-state index contributed by atoms with van der Waals surface area (Å²) in [7, 11) is 0. The van der Waals surface area contributed by atoms with Crippen LogP contribution in [0.2, 0.25) is 0 Å². The summed E-state index contributed by atoms with van der Waals surface area (Å²) >= 11 is 1.14. The molecule has 1 unspecified atom stereocenters. The van der Waals surface area contributed by atoms with Crippen LogP contribution in [0.3, 0.4) is 0 Å². The van der Waals surface area contributed by atoms with Crippen LogP contribution in [0.5, 0.6) is 0 Å². The van der Waals surface area contributed by atoms with Gasteiger partial charge in [-0.15, -0.1) is 11.3 Å². The Morgan fingerprint density at radius 3 is 2.86 bits per heavy atom. The molecule has 0 aliphatic rings. The first kappa shape index (κ1) is 10.6. The van der Waals surface area contributed by atoms with Crippen LogP contribution in [0.1, 0.15) is 9.67 Å². The van der Waals surface area contributed by atoms with Crippen LogP contribution in [0.15, 0.2) is 11.7 Å². The van der Waals surface area contributed by atoms with Gasteiger partial charge >= 0.3 is 5.97 Å². The van der Waals surface area contributed by atoms with Gasteiger partial charge in [-0.2, -0.15) is 0 Å². The second-order valence-electron chi connectivity index (χ2n) is 2.43. The maximum atomic E-state index is 11.2. The number of aliphatic hydroxyl groups excluding tert-OH is 1. The summed E-state index contributed by atoms with van der Waals surface area (Å²) < 4.78 is 0. The van der Waals surface area contributed by atoms with E-state index in [2.05, 4.69) is 10.3 Å². The van der Waals surface area contributed by atoms with Crippen molar-refractivity contribution in [3.05, 3.63) is 16.6 Å². The van der Waals surface area contributed by atoms with Crippen LogP contribution >= 0.6 is 11.3 Å². The molecule has 1 amide bonds. The van der Waals surface area contributed by atoms with Gasteiger partial charge in [-0.3, -0.25) is 9.78 Å². The minimum Gasteiger partial charge on any atom is -0.479 e. The number of carboxylic acid groups (broad SMARTS) is 1. The zero-order valence-corrected chi connectivity index (χ0v) is 7.82. The van der Waals surface area contributed by atoms with Crippen molar-refractivity contribution < 1.29 is 19.8 Å². The Bertz CT molecular complexity index is 324. The Morgan fingerprint density at radius 1 is 1.64 bits per heavy atom. The smallest absolute Gasteiger partial charge is 0.334 e. The monoisotopic (exact) mass is 216 g/mol. The second-order valence-corrected chi connectivity index (χ2v) is 3.32. The lowest BCUT2D eigenvalue weighted by molar-refractivity contribution is -0.146. The van der Waals surface area contributed by atoms with E-state index in [0.29, 0.717) is 4.88 Å². The van der Waals surface area contributed by atoms with Crippen molar-refractivity contribution in [2.75, 3.05) is 6.54 Å². The molecule has 0 aliphatic carbocycles. The van der Waals surface area contributed by atoms with Gasteiger partial charge in [0.15, 0.2) is 6.10 Å². The van der Waals surface area contributed by atoms with Gasteiger partial charge in [0.25, 0.3) is 5.91 Å². The highest BCUT2D eigenvalue weighted by Gasteiger charge is 2.15. The summed E-state index contributed by atoms with van der Waals surface area (Å²) in [6.45, 7) is -0.313. The van der Waals surface area contributed by atoms with E-state index in [1.165, 1.54) is 11.7 Å². The number of nitrogens with one attached hydrogen (secondary N) is 1. The van der Waals surface area contributed by atoms with E-state index < -0.39 is 18.0 Å². The highest BCUT2D eigenvalue weighted by Crippen LogP contribution is 2.04. The third-order valence-corrected chi connectivity index (χ3v) is 2.17. The first-order valence-electron chi connectivity index (χ1n) is 3.69. The third kappa shape index (κ3) is 2.79. The van der Waals surface area contributed by atoms with Gasteiger partial charge in [-0.05, 0) is 0 Å². The molecular weight excluding hydrogens is 208 g/mol. The normalized spacial score (nSPS) is 12.1. The molecule has 6 nitrogen and oxygen atoms in total.